The number of nitrogens with zero attached hydrogens (tertiary/aromatic N) is 5. The molecule has 0 saturated carbocycles. The zero-order valence-corrected chi connectivity index (χ0v) is 18.8. The molecule has 1 aromatic carbocycles. The maximum Gasteiger partial charge on any atom is 0.254 e. The Kier molecular flexibility index (Phi) is 6.28. The van der Waals surface area contributed by atoms with Crippen molar-refractivity contribution in [1.82, 2.24) is 23.8 Å². The first-order valence-corrected chi connectivity index (χ1v) is 10.9. The van der Waals surface area contributed by atoms with Gasteiger partial charge >= 0.3 is 0 Å². The molecule has 1 aliphatic heterocycles. The number of methoxy groups -OCH3 is 1. The van der Waals surface area contributed by atoms with Crippen LogP contribution in [-0.4, -0.2) is 55.9 Å². The van der Waals surface area contributed by atoms with Gasteiger partial charge in [-0.1, -0.05) is 0 Å². The summed E-state index contributed by atoms with van der Waals surface area (Å²) >= 11 is 1.23. The standard InChI is InChI=1S/C21H23FN6O3S/c1-12-17-18(24-16(29)8-11-31-3)25-19(20-23-13(2)26-32-20)28(17)10-9-27(12)21(30)14-4-6-15(22)7-5-14/h4-7,12H,8-11H2,1-3H3,(H,24,29). The summed E-state index contributed by atoms with van der Waals surface area (Å²) in [5.41, 5.74) is 1.11. The second kappa shape index (κ2) is 9.13. The van der Waals surface area contributed by atoms with Gasteiger partial charge in [0, 0.05) is 25.8 Å². The summed E-state index contributed by atoms with van der Waals surface area (Å²) < 4.78 is 24.5. The highest BCUT2D eigenvalue weighted by Crippen LogP contribution is 2.36. The Morgan fingerprint density at radius 3 is 2.66 bits per heavy atom. The van der Waals surface area contributed by atoms with Crippen LogP contribution in [0, 0.1) is 12.7 Å². The number of anilines is 1. The number of fused-ring (bicyclic) bond motifs is 1. The zero-order chi connectivity index (χ0) is 22.8. The first kappa shape index (κ1) is 22.0. The van der Waals surface area contributed by atoms with E-state index in [0.29, 0.717) is 46.8 Å². The van der Waals surface area contributed by atoms with E-state index in [1.807, 2.05) is 11.5 Å². The number of amides is 2. The van der Waals surface area contributed by atoms with Crippen molar-refractivity contribution >= 4 is 29.2 Å². The maximum atomic E-state index is 13.3. The molecule has 1 atom stereocenters. The van der Waals surface area contributed by atoms with E-state index in [2.05, 4.69) is 19.7 Å². The monoisotopic (exact) mass is 458 g/mol. The van der Waals surface area contributed by atoms with Crippen LogP contribution in [0.3, 0.4) is 0 Å². The molecule has 0 fully saturated rings. The number of carbonyl (C=O) groups excluding carboxylic acids is 2. The molecule has 2 amide bonds. The molecule has 1 N–H and O–H groups in total. The quantitative estimate of drug-likeness (QED) is 0.609. The molecular formula is C21H23FN6O3S. The van der Waals surface area contributed by atoms with Gasteiger partial charge in [0.2, 0.25) is 5.91 Å². The Hall–Kier alpha value is -3.18. The van der Waals surface area contributed by atoms with E-state index in [0.717, 1.165) is 0 Å². The third kappa shape index (κ3) is 4.26. The lowest BCUT2D eigenvalue weighted by atomic mass is 10.1. The number of ether oxygens (including phenoxy) is 1. The summed E-state index contributed by atoms with van der Waals surface area (Å²) in [5.74, 6) is 0.789. The summed E-state index contributed by atoms with van der Waals surface area (Å²) in [6.07, 6.45) is 0.183. The zero-order valence-electron chi connectivity index (χ0n) is 18.0. The number of carbonyl (C=O) groups is 2. The van der Waals surface area contributed by atoms with E-state index in [1.165, 1.54) is 42.9 Å². The fraction of sp³-hybridized carbons (Fsp3) is 0.381. The third-order valence-corrected chi connectivity index (χ3v) is 6.10. The smallest absolute Gasteiger partial charge is 0.254 e. The Morgan fingerprint density at radius 1 is 1.25 bits per heavy atom. The highest BCUT2D eigenvalue weighted by Gasteiger charge is 2.35. The molecule has 0 radical (unpaired) electrons. The number of benzene rings is 1. The minimum atomic E-state index is -0.399. The lowest BCUT2D eigenvalue weighted by Gasteiger charge is -2.35. The van der Waals surface area contributed by atoms with Gasteiger partial charge < -0.3 is 19.5 Å². The van der Waals surface area contributed by atoms with Gasteiger partial charge in [0.05, 0.1) is 24.8 Å². The van der Waals surface area contributed by atoms with E-state index in [9.17, 15) is 14.0 Å². The molecule has 3 aromatic rings. The number of hydrogen-bond acceptors (Lipinski definition) is 7. The first-order chi connectivity index (χ1) is 15.4. The fourth-order valence-corrected chi connectivity index (χ4v) is 4.40. The molecule has 0 spiro atoms. The lowest BCUT2D eigenvalue weighted by Crippen LogP contribution is -2.41. The van der Waals surface area contributed by atoms with Crippen LogP contribution in [0.15, 0.2) is 24.3 Å². The highest BCUT2D eigenvalue weighted by molar-refractivity contribution is 7.09. The highest BCUT2D eigenvalue weighted by atomic mass is 32.1. The van der Waals surface area contributed by atoms with Crippen molar-refractivity contribution in [3.63, 3.8) is 0 Å². The summed E-state index contributed by atoms with van der Waals surface area (Å²) in [6.45, 7) is 4.88. The number of imidazole rings is 1. The van der Waals surface area contributed by atoms with Gasteiger partial charge in [0.1, 0.15) is 11.6 Å². The maximum absolute atomic E-state index is 13.3. The summed E-state index contributed by atoms with van der Waals surface area (Å²) in [7, 11) is 1.53. The average molecular weight is 459 g/mol. The number of rotatable bonds is 6. The summed E-state index contributed by atoms with van der Waals surface area (Å²) in [4.78, 5) is 36.3. The molecule has 1 aliphatic rings. The molecule has 11 heteroatoms. The molecular weight excluding hydrogens is 435 g/mol. The van der Waals surface area contributed by atoms with Crippen LogP contribution in [0.2, 0.25) is 0 Å². The minimum absolute atomic E-state index is 0.183. The molecule has 0 aliphatic carbocycles. The van der Waals surface area contributed by atoms with Crippen LogP contribution < -0.4 is 5.32 Å². The van der Waals surface area contributed by atoms with Crippen molar-refractivity contribution in [2.75, 3.05) is 25.6 Å². The van der Waals surface area contributed by atoms with Gasteiger partial charge in [-0.2, -0.15) is 4.37 Å². The van der Waals surface area contributed by atoms with Gasteiger partial charge in [-0.3, -0.25) is 9.59 Å². The normalized spacial score (nSPS) is 15.5. The second-order valence-electron chi connectivity index (χ2n) is 7.44. The Bertz CT molecular complexity index is 1140. The summed E-state index contributed by atoms with van der Waals surface area (Å²) in [5, 5.41) is 3.50. The van der Waals surface area contributed by atoms with Gasteiger partial charge in [0.15, 0.2) is 16.6 Å². The van der Waals surface area contributed by atoms with Crippen LogP contribution >= 0.6 is 11.5 Å². The number of aryl methyl sites for hydroxylation is 1. The molecule has 3 heterocycles. The molecule has 1 unspecified atom stereocenters. The predicted octanol–water partition coefficient (Wildman–Crippen LogP) is 3.04. The Labute approximate surface area is 188 Å². The lowest BCUT2D eigenvalue weighted by molar-refractivity contribution is -0.117. The minimum Gasteiger partial charge on any atom is -0.384 e. The number of nitrogens with one attached hydrogen (secondary N) is 1. The Morgan fingerprint density at radius 2 is 2.00 bits per heavy atom. The largest absolute Gasteiger partial charge is 0.384 e. The SMILES string of the molecule is COCCC(=O)Nc1nc(-c2nc(C)ns2)n2c1C(C)N(C(=O)c1ccc(F)cc1)CC2. The predicted molar refractivity (Wildman–Crippen MR) is 117 cm³/mol. The average Bonchev–Trinajstić information content (AvgIpc) is 3.36. The number of aromatic nitrogens is 4. The van der Waals surface area contributed by atoms with Crippen molar-refractivity contribution in [2.45, 2.75) is 32.9 Å². The molecule has 32 heavy (non-hydrogen) atoms. The second-order valence-corrected chi connectivity index (χ2v) is 8.19. The van der Waals surface area contributed by atoms with Crippen LogP contribution in [0.4, 0.5) is 10.2 Å². The van der Waals surface area contributed by atoms with Crippen molar-refractivity contribution in [1.29, 1.82) is 0 Å². The molecule has 168 valence electrons. The van der Waals surface area contributed by atoms with Crippen molar-refractivity contribution in [3.05, 3.63) is 47.2 Å². The molecule has 4 rings (SSSR count). The summed E-state index contributed by atoms with van der Waals surface area (Å²) in [6, 6.07) is 5.10. The molecule has 9 nitrogen and oxygen atoms in total. The van der Waals surface area contributed by atoms with Crippen molar-refractivity contribution in [2.24, 2.45) is 0 Å². The third-order valence-electron chi connectivity index (χ3n) is 5.30. The van der Waals surface area contributed by atoms with Gasteiger partial charge in [-0.05, 0) is 49.6 Å². The van der Waals surface area contributed by atoms with Crippen LogP contribution in [0.5, 0.6) is 0 Å². The van der Waals surface area contributed by atoms with E-state index < -0.39 is 5.82 Å². The van der Waals surface area contributed by atoms with Gasteiger partial charge in [0.25, 0.3) is 5.91 Å². The van der Waals surface area contributed by atoms with Gasteiger partial charge in [-0.15, -0.1) is 0 Å². The Balaban J connectivity index is 1.70. The van der Waals surface area contributed by atoms with Crippen LogP contribution in [0.25, 0.3) is 10.8 Å². The van der Waals surface area contributed by atoms with Crippen molar-refractivity contribution < 1.29 is 18.7 Å². The fourth-order valence-electron chi connectivity index (χ4n) is 3.73. The van der Waals surface area contributed by atoms with Crippen LogP contribution in [-0.2, 0) is 16.1 Å². The van der Waals surface area contributed by atoms with Crippen LogP contribution in [0.1, 0.15) is 41.3 Å². The first-order valence-electron chi connectivity index (χ1n) is 10.2. The van der Waals surface area contributed by atoms with Gasteiger partial charge in [-0.25, -0.2) is 14.4 Å². The number of halogens is 1. The van der Waals surface area contributed by atoms with E-state index >= 15 is 0 Å². The van der Waals surface area contributed by atoms with E-state index in [4.69, 9.17) is 4.74 Å². The van der Waals surface area contributed by atoms with Crippen molar-refractivity contribution in [3.8, 4) is 10.8 Å². The topological polar surface area (TPSA) is 102 Å². The van der Waals surface area contributed by atoms with E-state index in [1.54, 1.807) is 11.8 Å². The molecule has 2 aromatic heterocycles. The number of hydrogen-bond donors (Lipinski definition) is 1. The molecule has 0 bridgehead atoms. The van der Waals surface area contributed by atoms with E-state index in [-0.39, 0.29) is 30.9 Å². The molecule has 0 saturated heterocycles.